The molecule has 2 nitrogen and oxygen atoms in total. The van der Waals surface area contributed by atoms with Gasteiger partial charge in [0.2, 0.25) is 0 Å². The number of anilines is 2. The van der Waals surface area contributed by atoms with Crippen molar-refractivity contribution in [3.05, 3.63) is 84.4 Å². The third kappa shape index (κ3) is 2.26. The largest absolute Gasteiger partial charge is 0.454 e. The first-order chi connectivity index (χ1) is 12.8. The van der Waals surface area contributed by atoms with Crippen LogP contribution in [0.3, 0.4) is 0 Å². The lowest BCUT2D eigenvalue weighted by molar-refractivity contribution is 0.665. The van der Waals surface area contributed by atoms with Gasteiger partial charge >= 0.3 is 0 Å². The highest BCUT2D eigenvalue weighted by molar-refractivity contribution is 6.18. The molecule has 1 N–H and O–H groups in total. The fraction of sp³-hybridized carbons (Fsp3) is 0.0833. The molecule has 0 fully saturated rings. The van der Waals surface area contributed by atoms with Crippen LogP contribution in [0.5, 0.6) is 0 Å². The van der Waals surface area contributed by atoms with Gasteiger partial charge in [0.15, 0.2) is 5.58 Å². The first-order valence-electron chi connectivity index (χ1n) is 9.03. The van der Waals surface area contributed by atoms with Gasteiger partial charge in [-0.3, -0.25) is 0 Å². The first kappa shape index (κ1) is 15.0. The Labute approximate surface area is 152 Å². The van der Waals surface area contributed by atoms with Crippen molar-refractivity contribution in [2.75, 3.05) is 5.32 Å². The van der Waals surface area contributed by atoms with Crippen LogP contribution in [0.4, 0.5) is 11.4 Å². The van der Waals surface area contributed by atoms with Crippen LogP contribution in [0.1, 0.15) is 12.5 Å². The van der Waals surface area contributed by atoms with Crippen LogP contribution < -0.4 is 5.32 Å². The highest BCUT2D eigenvalue weighted by Crippen LogP contribution is 2.40. The number of aryl methyl sites for hydroxylation is 1. The quantitative estimate of drug-likeness (QED) is 0.382. The molecule has 5 aromatic rings. The van der Waals surface area contributed by atoms with E-state index < -0.39 is 0 Å². The molecule has 0 saturated carbocycles. The molecule has 0 saturated heterocycles. The number of rotatable bonds is 3. The number of furan rings is 1. The molecule has 5 rings (SSSR count). The van der Waals surface area contributed by atoms with E-state index in [4.69, 9.17) is 4.42 Å². The van der Waals surface area contributed by atoms with E-state index >= 15 is 0 Å². The maximum absolute atomic E-state index is 6.42. The maximum atomic E-state index is 6.42. The topological polar surface area (TPSA) is 25.2 Å². The standard InChI is InChI=1S/C24H19NO/c1-2-16-10-8-14-20-21-15-17-9-6-7-13-19(17)22(24(21)26-23(16)20)25-18-11-4-3-5-12-18/h3-15,25H,2H2,1H3. The summed E-state index contributed by atoms with van der Waals surface area (Å²) in [4.78, 5) is 0. The Hall–Kier alpha value is -3.26. The highest BCUT2D eigenvalue weighted by Gasteiger charge is 2.16. The van der Waals surface area contributed by atoms with Gasteiger partial charge in [-0.25, -0.2) is 0 Å². The van der Waals surface area contributed by atoms with Gasteiger partial charge in [0, 0.05) is 21.8 Å². The molecule has 0 aliphatic heterocycles. The summed E-state index contributed by atoms with van der Waals surface area (Å²) in [5.41, 5.74) is 5.25. The Bertz CT molecular complexity index is 1240. The van der Waals surface area contributed by atoms with E-state index in [0.717, 1.165) is 34.3 Å². The first-order valence-corrected chi connectivity index (χ1v) is 9.03. The van der Waals surface area contributed by atoms with Crippen molar-refractivity contribution in [2.45, 2.75) is 13.3 Å². The molecule has 0 radical (unpaired) electrons. The Morgan fingerprint density at radius 3 is 2.35 bits per heavy atom. The molecule has 1 aromatic heterocycles. The van der Waals surface area contributed by atoms with Crippen LogP contribution >= 0.6 is 0 Å². The number of nitrogens with one attached hydrogen (secondary N) is 1. The molecule has 4 aromatic carbocycles. The third-order valence-electron chi connectivity index (χ3n) is 5.02. The van der Waals surface area contributed by atoms with E-state index in [1.54, 1.807) is 0 Å². The molecule has 0 amide bonds. The molecule has 26 heavy (non-hydrogen) atoms. The van der Waals surface area contributed by atoms with Crippen LogP contribution in [-0.2, 0) is 6.42 Å². The average molecular weight is 337 g/mol. The van der Waals surface area contributed by atoms with Gasteiger partial charge in [0.25, 0.3) is 0 Å². The molecule has 1 heterocycles. The zero-order valence-corrected chi connectivity index (χ0v) is 14.6. The molecule has 0 spiro atoms. The monoisotopic (exact) mass is 337 g/mol. The van der Waals surface area contributed by atoms with Crippen molar-refractivity contribution in [1.29, 1.82) is 0 Å². The Morgan fingerprint density at radius 2 is 1.50 bits per heavy atom. The Morgan fingerprint density at radius 1 is 0.731 bits per heavy atom. The molecular weight excluding hydrogens is 318 g/mol. The molecule has 0 bridgehead atoms. The number of hydrogen-bond donors (Lipinski definition) is 1. The van der Waals surface area contributed by atoms with Crippen LogP contribution in [0, 0.1) is 0 Å². The van der Waals surface area contributed by atoms with Gasteiger partial charge in [-0.2, -0.15) is 0 Å². The average Bonchev–Trinajstić information content (AvgIpc) is 3.07. The summed E-state index contributed by atoms with van der Waals surface area (Å²) in [6, 6.07) is 27.4. The van der Waals surface area contributed by atoms with Crippen molar-refractivity contribution in [3.63, 3.8) is 0 Å². The van der Waals surface area contributed by atoms with E-state index in [2.05, 4.69) is 72.9 Å². The van der Waals surface area contributed by atoms with Gasteiger partial charge in [-0.05, 0) is 35.6 Å². The number of hydrogen-bond acceptors (Lipinski definition) is 2. The summed E-state index contributed by atoms with van der Waals surface area (Å²) in [6.45, 7) is 2.17. The molecule has 0 unspecified atom stereocenters. The van der Waals surface area contributed by atoms with Crippen LogP contribution in [-0.4, -0.2) is 0 Å². The number of para-hydroxylation sites is 2. The third-order valence-corrected chi connectivity index (χ3v) is 5.02. The highest BCUT2D eigenvalue weighted by atomic mass is 16.3. The second-order valence-electron chi connectivity index (χ2n) is 6.59. The normalized spacial score (nSPS) is 11.4. The second-order valence-corrected chi connectivity index (χ2v) is 6.59. The van der Waals surface area contributed by atoms with Crippen molar-refractivity contribution in [2.24, 2.45) is 0 Å². The maximum Gasteiger partial charge on any atom is 0.159 e. The van der Waals surface area contributed by atoms with Crippen molar-refractivity contribution < 1.29 is 4.42 Å². The number of benzene rings is 4. The smallest absolute Gasteiger partial charge is 0.159 e. The predicted molar refractivity (Wildman–Crippen MR) is 110 cm³/mol. The lowest BCUT2D eigenvalue weighted by Gasteiger charge is -2.11. The molecule has 0 aliphatic rings. The van der Waals surface area contributed by atoms with E-state index in [-0.39, 0.29) is 0 Å². The Balaban J connectivity index is 1.89. The van der Waals surface area contributed by atoms with Gasteiger partial charge in [0.1, 0.15) is 5.58 Å². The lowest BCUT2D eigenvalue weighted by Crippen LogP contribution is -1.92. The minimum absolute atomic E-state index is 0.920. The molecular formula is C24H19NO. The zero-order valence-electron chi connectivity index (χ0n) is 14.6. The SMILES string of the molecule is CCc1cccc2c1oc1c(Nc3ccccc3)c3ccccc3cc12. The van der Waals surface area contributed by atoms with Gasteiger partial charge < -0.3 is 9.73 Å². The second kappa shape index (κ2) is 5.92. The van der Waals surface area contributed by atoms with Gasteiger partial charge in [-0.15, -0.1) is 0 Å². The van der Waals surface area contributed by atoms with Gasteiger partial charge in [-0.1, -0.05) is 67.6 Å². The predicted octanol–water partition coefficient (Wildman–Crippen LogP) is 7.05. The van der Waals surface area contributed by atoms with Crippen LogP contribution in [0.2, 0.25) is 0 Å². The fourth-order valence-electron chi connectivity index (χ4n) is 3.72. The van der Waals surface area contributed by atoms with E-state index in [1.165, 1.54) is 21.7 Å². The van der Waals surface area contributed by atoms with Crippen molar-refractivity contribution >= 4 is 44.1 Å². The minimum Gasteiger partial charge on any atom is -0.454 e. The summed E-state index contributed by atoms with van der Waals surface area (Å²) in [5.74, 6) is 0. The summed E-state index contributed by atoms with van der Waals surface area (Å²) in [6.07, 6.45) is 0.956. The minimum atomic E-state index is 0.920. The zero-order chi connectivity index (χ0) is 17.5. The molecule has 0 atom stereocenters. The summed E-state index contributed by atoms with van der Waals surface area (Å²) in [7, 11) is 0. The van der Waals surface area contributed by atoms with Crippen LogP contribution in [0.15, 0.2) is 83.3 Å². The molecule has 126 valence electrons. The van der Waals surface area contributed by atoms with E-state index in [1.807, 2.05) is 18.2 Å². The lowest BCUT2D eigenvalue weighted by atomic mass is 10.0. The van der Waals surface area contributed by atoms with Crippen molar-refractivity contribution in [3.8, 4) is 0 Å². The molecule has 0 aliphatic carbocycles. The Kier molecular flexibility index (Phi) is 3.42. The summed E-state index contributed by atoms with van der Waals surface area (Å²) in [5, 5.41) is 8.31. The molecule has 2 heteroatoms. The summed E-state index contributed by atoms with van der Waals surface area (Å²) >= 11 is 0. The fourth-order valence-corrected chi connectivity index (χ4v) is 3.72. The number of fused-ring (bicyclic) bond motifs is 4. The van der Waals surface area contributed by atoms with Gasteiger partial charge in [0.05, 0.1) is 5.69 Å². The summed E-state index contributed by atoms with van der Waals surface area (Å²) < 4.78 is 6.42. The van der Waals surface area contributed by atoms with Crippen LogP contribution in [0.25, 0.3) is 32.7 Å². The van der Waals surface area contributed by atoms with Crippen molar-refractivity contribution in [1.82, 2.24) is 0 Å². The van der Waals surface area contributed by atoms with E-state index in [9.17, 15) is 0 Å². The van der Waals surface area contributed by atoms with E-state index in [0.29, 0.717) is 0 Å².